The van der Waals surface area contributed by atoms with Crippen LogP contribution in [0.4, 0.5) is 0 Å². The Morgan fingerprint density at radius 1 is 0.519 bits per heavy atom. The maximum atomic E-state index is 10.5. The minimum atomic E-state index is -1.65. The minimum Gasteiger partial charge on any atom is -0.493 e. The highest BCUT2D eigenvalue weighted by Crippen LogP contribution is 2.54. The predicted octanol–water partition coefficient (Wildman–Crippen LogP) is -1.85. The molecule has 0 aromatic heterocycles. The summed E-state index contributed by atoms with van der Waals surface area (Å²) in [5.41, 5.74) is 1.37. The number of methoxy groups -OCH3 is 4. The van der Waals surface area contributed by atoms with Gasteiger partial charge in [-0.25, -0.2) is 0 Å². The van der Waals surface area contributed by atoms with Gasteiger partial charge in [0.1, 0.15) is 48.8 Å². The molecule has 4 aliphatic heterocycles. The Bertz CT molecular complexity index is 1360. The SMILES string of the molecule is COc1cc([C@@H]2OC[C@H]3[C@H]2CO[C@H]3c2cc(OC)c(O[C@H]3O[C@H](CO)[C@@H](O)[C@H](O)[C@H]3O)c(OC)c2)cc(OC)c1O[C@H]1O[C@H](CO)[C@@H](O)[C@H](O)[C@H]1O. The zero-order valence-corrected chi connectivity index (χ0v) is 28.9. The molecule has 0 bridgehead atoms. The Balaban J connectivity index is 1.22. The van der Waals surface area contributed by atoms with Crippen LogP contribution in [-0.2, 0) is 18.9 Å². The van der Waals surface area contributed by atoms with Gasteiger partial charge >= 0.3 is 0 Å². The van der Waals surface area contributed by atoms with Crippen LogP contribution in [0.15, 0.2) is 24.3 Å². The second-order valence-electron chi connectivity index (χ2n) is 13.0. The van der Waals surface area contributed by atoms with Gasteiger partial charge in [0, 0.05) is 11.8 Å². The lowest BCUT2D eigenvalue weighted by molar-refractivity contribution is -0.277. The van der Waals surface area contributed by atoms with Crippen LogP contribution in [0.1, 0.15) is 23.3 Å². The summed E-state index contributed by atoms with van der Waals surface area (Å²) in [4.78, 5) is 0. The average molecular weight is 743 g/mol. The fourth-order valence-corrected chi connectivity index (χ4v) is 7.16. The second-order valence-corrected chi connectivity index (χ2v) is 13.0. The number of aliphatic hydroxyl groups excluding tert-OH is 8. The van der Waals surface area contributed by atoms with Gasteiger partial charge < -0.3 is 88.2 Å². The lowest BCUT2D eigenvalue weighted by atomic mass is 9.84. The van der Waals surface area contributed by atoms with Gasteiger partial charge in [0.25, 0.3) is 0 Å². The first-order chi connectivity index (χ1) is 25.0. The standard InChI is InChI=1S/C34H46O18/c1-43-17-5-13(6-18(44-2)31(17)51-33-27(41)25(39)23(37)21(9-35)49-33)29-15-11-48-30(16(15)12-47-29)14-7-19(45-3)32(20(8-14)46-4)52-34-28(42)26(40)24(38)22(10-36)50-34/h5-8,15-16,21-30,33-42H,9-12H2,1-4H3/t15-,16+,21-,22-,23-,24-,25+,26+,27-,28-,29+,30+,33-,34-/m1/s1. The highest BCUT2D eigenvalue weighted by atomic mass is 16.7. The van der Waals surface area contributed by atoms with Crippen LogP contribution in [0.5, 0.6) is 34.5 Å². The summed E-state index contributed by atoms with van der Waals surface area (Å²) < 4.78 is 58.0. The van der Waals surface area contributed by atoms with Crippen LogP contribution in [0.25, 0.3) is 0 Å². The van der Waals surface area contributed by atoms with Gasteiger partial charge in [-0.2, -0.15) is 0 Å². The van der Waals surface area contributed by atoms with E-state index in [9.17, 15) is 40.9 Å². The van der Waals surface area contributed by atoms with Gasteiger partial charge in [-0.1, -0.05) is 0 Å². The minimum absolute atomic E-state index is 0.0541. The van der Waals surface area contributed by atoms with Crippen molar-refractivity contribution in [2.45, 2.75) is 73.6 Å². The van der Waals surface area contributed by atoms with E-state index in [0.717, 1.165) is 0 Å². The smallest absolute Gasteiger partial charge is 0.229 e. The summed E-state index contributed by atoms with van der Waals surface area (Å²) in [5, 5.41) is 81.0. The van der Waals surface area contributed by atoms with E-state index < -0.39 is 86.8 Å². The van der Waals surface area contributed by atoms with Crippen molar-refractivity contribution >= 4 is 0 Å². The number of aliphatic hydroxyl groups is 8. The van der Waals surface area contributed by atoms with Crippen LogP contribution in [0, 0.1) is 11.8 Å². The molecule has 14 atom stereocenters. The maximum absolute atomic E-state index is 10.5. The molecule has 0 unspecified atom stereocenters. The van der Waals surface area contributed by atoms with E-state index in [0.29, 0.717) is 24.3 Å². The summed E-state index contributed by atoms with van der Waals surface area (Å²) in [6, 6.07) is 6.78. The number of hydrogen-bond donors (Lipinski definition) is 8. The molecule has 18 heteroatoms. The second kappa shape index (κ2) is 16.0. The van der Waals surface area contributed by atoms with Gasteiger partial charge in [-0.3, -0.25) is 0 Å². The molecule has 4 aliphatic rings. The lowest BCUT2D eigenvalue weighted by Crippen LogP contribution is -2.60. The number of benzene rings is 2. The third-order valence-electron chi connectivity index (χ3n) is 10.1. The van der Waals surface area contributed by atoms with Crippen molar-refractivity contribution in [3.63, 3.8) is 0 Å². The fraction of sp³-hybridized carbons (Fsp3) is 0.647. The number of hydrogen-bond acceptors (Lipinski definition) is 18. The molecule has 0 aliphatic carbocycles. The monoisotopic (exact) mass is 742 g/mol. The molecule has 0 radical (unpaired) electrons. The van der Waals surface area contributed by atoms with Crippen molar-refractivity contribution in [2.24, 2.45) is 11.8 Å². The molecule has 8 N–H and O–H groups in total. The summed E-state index contributed by atoms with van der Waals surface area (Å²) >= 11 is 0. The molecule has 4 saturated heterocycles. The van der Waals surface area contributed by atoms with Gasteiger partial charge in [0.15, 0.2) is 23.0 Å². The van der Waals surface area contributed by atoms with Crippen molar-refractivity contribution in [1.29, 1.82) is 0 Å². The maximum Gasteiger partial charge on any atom is 0.229 e. The summed E-state index contributed by atoms with van der Waals surface area (Å²) in [6.07, 6.45) is -15.9. The molecule has 0 saturated carbocycles. The van der Waals surface area contributed by atoms with Crippen LogP contribution >= 0.6 is 0 Å². The molecule has 4 heterocycles. The molecule has 2 aromatic rings. The first kappa shape index (κ1) is 38.5. The summed E-state index contributed by atoms with van der Waals surface area (Å²) in [6.45, 7) is -0.604. The zero-order chi connectivity index (χ0) is 37.4. The third kappa shape index (κ3) is 6.94. The Hall–Kier alpha value is -3.24. The Labute approximate surface area is 298 Å². The van der Waals surface area contributed by atoms with E-state index in [1.807, 2.05) is 0 Å². The predicted molar refractivity (Wildman–Crippen MR) is 172 cm³/mol. The quantitative estimate of drug-likeness (QED) is 0.119. The third-order valence-corrected chi connectivity index (χ3v) is 10.1. The molecular weight excluding hydrogens is 696 g/mol. The molecular formula is C34H46O18. The Kier molecular flexibility index (Phi) is 11.8. The number of rotatable bonds is 12. The summed E-state index contributed by atoms with van der Waals surface area (Å²) in [7, 11) is 5.66. The first-order valence-electron chi connectivity index (χ1n) is 16.7. The van der Waals surface area contributed by atoms with Gasteiger partial charge in [-0.15, -0.1) is 0 Å². The molecule has 0 spiro atoms. The number of fused-ring (bicyclic) bond motifs is 1. The van der Waals surface area contributed by atoms with Gasteiger partial charge in [-0.05, 0) is 35.4 Å². The molecule has 4 fully saturated rings. The van der Waals surface area contributed by atoms with Crippen molar-refractivity contribution in [3.05, 3.63) is 35.4 Å². The van der Waals surface area contributed by atoms with Crippen molar-refractivity contribution in [1.82, 2.24) is 0 Å². The molecule has 52 heavy (non-hydrogen) atoms. The van der Waals surface area contributed by atoms with Gasteiger partial charge in [0.2, 0.25) is 24.1 Å². The van der Waals surface area contributed by atoms with Crippen LogP contribution in [0.2, 0.25) is 0 Å². The molecule has 18 nitrogen and oxygen atoms in total. The van der Waals surface area contributed by atoms with E-state index in [1.165, 1.54) is 28.4 Å². The van der Waals surface area contributed by atoms with Crippen molar-refractivity contribution in [3.8, 4) is 34.5 Å². The highest BCUT2D eigenvalue weighted by Gasteiger charge is 2.50. The lowest BCUT2D eigenvalue weighted by Gasteiger charge is -2.39. The van der Waals surface area contributed by atoms with Gasteiger partial charge in [0.05, 0.1) is 67.1 Å². The highest BCUT2D eigenvalue weighted by molar-refractivity contribution is 5.56. The van der Waals surface area contributed by atoms with Crippen LogP contribution in [-0.4, -0.2) is 157 Å². The average Bonchev–Trinajstić information content (AvgIpc) is 3.78. The fourth-order valence-electron chi connectivity index (χ4n) is 7.16. The molecule has 6 rings (SSSR count). The van der Waals surface area contributed by atoms with Crippen LogP contribution in [0.3, 0.4) is 0 Å². The van der Waals surface area contributed by atoms with Crippen molar-refractivity contribution < 1.29 is 88.2 Å². The van der Waals surface area contributed by atoms with E-state index in [2.05, 4.69) is 0 Å². The van der Waals surface area contributed by atoms with E-state index >= 15 is 0 Å². The molecule has 2 aromatic carbocycles. The normalized spacial score (nSPS) is 37.3. The Morgan fingerprint density at radius 2 is 0.846 bits per heavy atom. The van der Waals surface area contributed by atoms with E-state index in [4.69, 9.17) is 47.4 Å². The van der Waals surface area contributed by atoms with E-state index in [1.54, 1.807) is 24.3 Å². The van der Waals surface area contributed by atoms with Crippen molar-refractivity contribution in [2.75, 3.05) is 54.9 Å². The largest absolute Gasteiger partial charge is 0.493 e. The zero-order valence-electron chi connectivity index (χ0n) is 28.9. The summed E-state index contributed by atoms with van der Waals surface area (Å²) in [5.74, 6) is 0.683. The topological polar surface area (TPSA) is 254 Å². The van der Waals surface area contributed by atoms with Crippen LogP contribution < -0.4 is 28.4 Å². The Morgan fingerprint density at radius 3 is 1.13 bits per heavy atom. The molecule has 0 amide bonds. The van der Waals surface area contributed by atoms with E-state index in [-0.39, 0.29) is 46.3 Å². The first-order valence-corrected chi connectivity index (χ1v) is 16.7. The number of ether oxygens (including phenoxy) is 10. The molecule has 290 valence electrons.